The van der Waals surface area contributed by atoms with Gasteiger partial charge < -0.3 is 8.85 Å². The van der Waals surface area contributed by atoms with Crippen LogP contribution in [-0.4, -0.2) is 45.1 Å². The zero-order valence-electron chi connectivity index (χ0n) is 41.0. The van der Waals surface area contributed by atoms with Crippen molar-refractivity contribution in [1.29, 1.82) is 0 Å². The molecule has 0 unspecified atom stereocenters. The molecule has 6 rings (SSSR count). The lowest BCUT2D eigenvalue weighted by Crippen LogP contribution is -2.74. The maximum absolute atomic E-state index is 7.32. The Morgan fingerprint density at radius 2 is 0.483 bits per heavy atom. The van der Waals surface area contributed by atoms with Crippen molar-refractivity contribution in [3.8, 4) is 0 Å². The van der Waals surface area contributed by atoms with Gasteiger partial charge in [-0.05, 0) is 88.8 Å². The summed E-state index contributed by atoms with van der Waals surface area (Å²) >= 11 is 0. The van der Waals surface area contributed by atoms with Crippen LogP contribution in [0, 0.1) is 0 Å². The molecule has 2 aliphatic carbocycles. The fourth-order valence-electron chi connectivity index (χ4n) is 16.2. The first-order valence-corrected chi connectivity index (χ1v) is 34.4. The Morgan fingerprint density at radius 3 is 0.633 bits per heavy atom. The second-order valence-electron chi connectivity index (χ2n) is 21.4. The second kappa shape index (κ2) is 17.7. The van der Waals surface area contributed by atoms with E-state index < -0.39 is 30.9 Å². The van der Waals surface area contributed by atoms with Crippen molar-refractivity contribution in [2.45, 2.75) is 178 Å². The Bertz CT molecular complexity index is 1820. The maximum atomic E-state index is 7.32. The molecule has 60 heavy (non-hydrogen) atoms. The van der Waals surface area contributed by atoms with E-state index in [1.807, 2.05) is 0 Å². The highest BCUT2D eigenvalue weighted by atomic mass is 29.3. The van der Waals surface area contributed by atoms with Gasteiger partial charge in [0.05, 0.1) is 15.2 Å². The van der Waals surface area contributed by atoms with Crippen molar-refractivity contribution in [1.82, 2.24) is 0 Å². The van der Waals surface area contributed by atoms with E-state index in [1.165, 1.54) is 0 Å². The largest absolute Gasteiger partial charge is 0.422 e. The lowest BCUT2D eigenvalue weighted by atomic mass is 9.64. The minimum absolute atomic E-state index is 0.188. The molecular formula is C54H82O2Si4. The smallest absolute Gasteiger partial charge is 0.186 e. The lowest BCUT2D eigenvalue weighted by molar-refractivity contribution is 0.384. The monoisotopic (exact) mass is 875 g/mol. The van der Waals surface area contributed by atoms with Crippen LogP contribution >= 0.6 is 0 Å². The molecule has 0 aromatic heterocycles. The Morgan fingerprint density at radius 1 is 0.300 bits per heavy atom. The van der Waals surface area contributed by atoms with Gasteiger partial charge in [0.15, 0.2) is 15.7 Å². The van der Waals surface area contributed by atoms with Crippen molar-refractivity contribution >= 4 is 30.9 Å². The SMILES string of the molecule is CO[Si](C(C)C)(C(C)C)[Si](C(C)C)(C(C)C)C1c2ccccc2C(C2c3ccccc3C([Si](C(C)C)(C(C)C)[Si](OC)(C(C)C)C(C)C)c3ccccc32)c2ccccc21. The van der Waals surface area contributed by atoms with Crippen LogP contribution < -0.4 is 0 Å². The third kappa shape index (κ3) is 6.37. The predicted octanol–water partition coefficient (Wildman–Crippen LogP) is 16.1. The fourth-order valence-corrected chi connectivity index (χ4v) is 67.9. The second-order valence-corrected chi connectivity index (χ2v) is 49.4. The molecule has 0 radical (unpaired) electrons. The molecule has 0 N–H and O–H groups in total. The predicted molar refractivity (Wildman–Crippen MR) is 271 cm³/mol. The van der Waals surface area contributed by atoms with Crippen LogP contribution in [0.25, 0.3) is 0 Å². The van der Waals surface area contributed by atoms with Gasteiger partial charge in [0.1, 0.15) is 0 Å². The van der Waals surface area contributed by atoms with Gasteiger partial charge in [0.25, 0.3) is 0 Å². The van der Waals surface area contributed by atoms with E-state index in [9.17, 15) is 0 Å². The summed E-state index contributed by atoms with van der Waals surface area (Å²) in [6, 6.07) is 39.2. The molecule has 0 spiro atoms. The number of hydrogen-bond acceptors (Lipinski definition) is 2. The average Bonchev–Trinajstić information content (AvgIpc) is 3.19. The van der Waals surface area contributed by atoms with Gasteiger partial charge in [-0.15, -0.1) is 0 Å². The average molecular weight is 876 g/mol. The van der Waals surface area contributed by atoms with Gasteiger partial charge >= 0.3 is 0 Å². The van der Waals surface area contributed by atoms with Crippen molar-refractivity contribution in [3.63, 3.8) is 0 Å². The number of fused-ring (bicyclic) bond motifs is 4. The van der Waals surface area contributed by atoms with Crippen LogP contribution in [-0.2, 0) is 8.85 Å². The summed E-state index contributed by atoms with van der Waals surface area (Å²) in [5.74, 6) is 0.377. The summed E-state index contributed by atoms with van der Waals surface area (Å²) in [7, 11) is -5.32. The van der Waals surface area contributed by atoms with Crippen LogP contribution in [0.15, 0.2) is 97.1 Å². The van der Waals surface area contributed by atoms with Crippen molar-refractivity contribution < 1.29 is 8.85 Å². The van der Waals surface area contributed by atoms with Gasteiger partial charge in [0, 0.05) is 37.1 Å². The molecule has 0 saturated heterocycles. The Labute approximate surface area is 371 Å². The molecule has 0 amide bonds. The minimum Gasteiger partial charge on any atom is -0.422 e. The molecular weight excluding hydrogens is 793 g/mol. The fraction of sp³-hybridized carbons (Fsp3) is 0.556. The summed E-state index contributed by atoms with van der Waals surface area (Å²) in [5, 5.41) is 0. The minimum atomic E-state index is -2.39. The van der Waals surface area contributed by atoms with Gasteiger partial charge in [-0.1, -0.05) is 208 Å². The third-order valence-corrected chi connectivity index (χ3v) is 63.8. The first-order valence-electron chi connectivity index (χ1n) is 23.8. The van der Waals surface area contributed by atoms with Gasteiger partial charge in [-0.2, -0.15) is 0 Å². The van der Waals surface area contributed by atoms with E-state index in [0.717, 1.165) is 0 Å². The van der Waals surface area contributed by atoms with E-state index in [0.29, 0.717) is 55.4 Å². The van der Waals surface area contributed by atoms with Gasteiger partial charge in [-0.25, -0.2) is 0 Å². The summed E-state index contributed by atoms with van der Waals surface area (Å²) in [6.45, 7) is 40.7. The Hall–Kier alpha value is -2.33. The summed E-state index contributed by atoms with van der Waals surface area (Å²) in [5.41, 5.74) is 17.4. The molecule has 326 valence electrons. The molecule has 2 aliphatic rings. The van der Waals surface area contributed by atoms with E-state index >= 15 is 0 Å². The number of benzene rings is 4. The summed E-state index contributed by atoms with van der Waals surface area (Å²) in [6.07, 6.45) is 0. The number of rotatable bonds is 15. The van der Waals surface area contributed by atoms with Gasteiger partial charge in [-0.3, -0.25) is 0 Å². The van der Waals surface area contributed by atoms with Crippen molar-refractivity contribution in [2.75, 3.05) is 14.2 Å². The van der Waals surface area contributed by atoms with Crippen LogP contribution in [0.2, 0.25) is 44.3 Å². The zero-order chi connectivity index (χ0) is 44.3. The lowest BCUT2D eigenvalue weighted by Gasteiger charge is -2.61. The molecule has 0 saturated carbocycles. The summed E-state index contributed by atoms with van der Waals surface area (Å²) < 4.78 is 14.6. The van der Waals surface area contributed by atoms with Crippen LogP contribution in [0.3, 0.4) is 0 Å². The van der Waals surface area contributed by atoms with E-state index in [1.54, 1.807) is 44.5 Å². The van der Waals surface area contributed by atoms with E-state index in [-0.39, 0.29) is 11.8 Å². The first-order chi connectivity index (χ1) is 28.3. The highest BCUT2D eigenvalue weighted by molar-refractivity contribution is 7.43. The van der Waals surface area contributed by atoms with Gasteiger partial charge in [0.2, 0.25) is 0 Å². The van der Waals surface area contributed by atoms with E-state index in [2.05, 4.69) is 222 Å². The molecule has 0 atom stereocenters. The molecule has 0 bridgehead atoms. The molecule has 0 aliphatic heterocycles. The molecule has 4 aromatic rings. The molecule has 2 nitrogen and oxygen atoms in total. The van der Waals surface area contributed by atoms with Crippen LogP contribution in [0.4, 0.5) is 0 Å². The molecule has 4 aromatic carbocycles. The molecule has 0 fully saturated rings. The first kappa shape index (κ1) is 47.2. The topological polar surface area (TPSA) is 18.5 Å². The normalized spacial score (nSPS) is 19.8. The van der Waals surface area contributed by atoms with Crippen molar-refractivity contribution in [2.24, 2.45) is 0 Å². The maximum Gasteiger partial charge on any atom is 0.186 e. The zero-order valence-corrected chi connectivity index (χ0v) is 45.0. The molecule has 6 heteroatoms. The summed E-state index contributed by atoms with van der Waals surface area (Å²) in [4.78, 5) is 0. The Kier molecular flexibility index (Phi) is 13.9. The van der Waals surface area contributed by atoms with E-state index in [4.69, 9.17) is 8.85 Å². The number of hydrogen-bond donors (Lipinski definition) is 0. The quantitative estimate of drug-likeness (QED) is 0.111. The third-order valence-electron chi connectivity index (χ3n) is 17.1. The van der Waals surface area contributed by atoms with Crippen LogP contribution in [0.5, 0.6) is 0 Å². The molecule has 0 heterocycles. The van der Waals surface area contributed by atoms with Crippen LogP contribution in [0.1, 0.15) is 178 Å². The highest BCUT2D eigenvalue weighted by Gasteiger charge is 2.69. The standard InChI is InChI=1S/C54H82O2Si4/c1-35(2)57(36(3)4,59(55-17,39(9)10)40(11)12)53-47-31-23-19-27-43(47)51(44-28-20-24-32-48(44)53)52-45-29-21-25-33-49(45)54(50-34-26-22-30-46(50)52)58(37(5)6,38(7)8)60(56-18,41(13)14)42(15)16/h19-42,51-54H,1-18H3. The Balaban J connectivity index is 1.74. The van der Waals surface area contributed by atoms with Crippen molar-refractivity contribution in [3.05, 3.63) is 142 Å². The highest BCUT2D eigenvalue weighted by Crippen LogP contribution is 2.66.